The molecule has 1 atom stereocenters. The standard InChI is InChI=1S/C37H35N3/c1-24(2)28-16-12-17-29(25(3)4)36(28)40-35-20-11-9-18-32(35)38-37(40)26-21-22-34-31(23-26)30-15-8-10-19-33(30)39(34)27-13-6-5-7-14-27/h5-25,37-38H,1-4H3. The van der Waals surface area contributed by atoms with Crippen LogP contribution in [-0.2, 0) is 0 Å². The van der Waals surface area contributed by atoms with E-state index >= 15 is 0 Å². The molecule has 0 bridgehead atoms. The van der Waals surface area contributed by atoms with E-state index in [0.717, 1.165) is 0 Å². The van der Waals surface area contributed by atoms with Crippen LogP contribution in [0.2, 0.25) is 0 Å². The first-order valence-electron chi connectivity index (χ1n) is 14.4. The van der Waals surface area contributed by atoms with Crippen molar-refractivity contribution in [3.8, 4) is 5.69 Å². The highest BCUT2D eigenvalue weighted by Gasteiger charge is 2.34. The lowest BCUT2D eigenvalue weighted by Crippen LogP contribution is -2.26. The average Bonchev–Trinajstić information content (AvgIpc) is 3.53. The zero-order chi connectivity index (χ0) is 27.4. The zero-order valence-corrected chi connectivity index (χ0v) is 23.6. The van der Waals surface area contributed by atoms with E-state index in [0.29, 0.717) is 11.8 Å². The Bertz CT molecular complexity index is 1820. The van der Waals surface area contributed by atoms with Gasteiger partial charge in [0, 0.05) is 16.5 Å². The molecule has 0 aliphatic carbocycles. The van der Waals surface area contributed by atoms with Crippen molar-refractivity contribution in [2.24, 2.45) is 0 Å². The fourth-order valence-corrected chi connectivity index (χ4v) is 6.44. The van der Waals surface area contributed by atoms with Gasteiger partial charge >= 0.3 is 0 Å². The number of hydrogen-bond donors (Lipinski definition) is 1. The van der Waals surface area contributed by atoms with Crippen LogP contribution in [0, 0.1) is 0 Å². The summed E-state index contributed by atoms with van der Waals surface area (Å²) in [6, 6.07) is 42.0. The molecule has 0 radical (unpaired) electrons. The Hall–Kier alpha value is -4.50. The fraction of sp³-hybridized carbons (Fsp3) is 0.189. The van der Waals surface area contributed by atoms with Crippen LogP contribution in [0.1, 0.15) is 62.4 Å². The van der Waals surface area contributed by atoms with E-state index < -0.39 is 0 Å². The van der Waals surface area contributed by atoms with Crippen LogP contribution >= 0.6 is 0 Å². The molecular weight excluding hydrogens is 486 g/mol. The van der Waals surface area contributed by atoms with Gasteiger partial charge in [-0.1, -0.05) is 100 Å². The summed E-state index contributed by atoms with van der Waals surface area (Å²) < 4.78 is 2.38. The maximum absolute atomic E-state index is 3.90. The Kier molecular flexibility index (Phi) is 5.89. The molecule has 198 valence electrons. The highest BCUT2D eigenvalue weighted by Crippen LogP contribution is 2.50. The van der Waals surface area contributed by atoms with Crippen molar-refractivity contribution < 1.29 is 0 Å². The molecule has 0 spiro atoms. The van der Waals surface area contributed by atoms with Crippen LogP contribution < -0.4 is 10.2 Å². The van der Waals surface area contributed by atoms with Crippen LogP contribution in [-0.4, -0.2) is 4.57 Å². The number of hydrogen-bond acceptors (Lipinski definition) is 2. The van der Waals surface area contributed by atoms with Crippen molar-refractivity contribution in [2.45, 2.75) is 45.7 Å². The molecule has 7 rings (SSSR count). The minimum absolute atomic E-state index is 0.0157. The lowest BCUT2D eigenvalue weighted by molar-refractivity contribution is 0.776. The first kappa shape index (κ1) is 24.5. The van der Waals surface area contributed by atoms with E-state index in [2.05, 4.69) is 158 Å². The molecule has 1 unspecified atom stereocenters. The topological polar surface area (TPSA) is 20.2 Å². The van der Waals surface area contributed by atoms with E-state index in [1.54, 1.807) is 0 Å². The van der Waals surface area contributed by atoms with E-state index in [4.69, 9.17) is 0 Å². The van der Waals surface area contributed by atoms with Gasteiger partial charge in [-0.05, 0) is 71.0 Å². The van der Waals surface area contributed by atoms with Crippen LogP contribution in [0.5, 0.6) is 0 Å². The van der Waals surface area contributed by atoms with Gasteiger partial charge in [-0.15, -0.1) is 0 Å². The van der Waals surface area contributed by atoms with Gasteiger partial charge in [-0.3, -0.25) is 0 Å². The van der Waals surface area contributed by atoms with Crippen LogP contribution in [0.3, 0.4) is 0 Å². The molecule has 6 aromatic rings. The predicted molar refractivity (Wildman–Crippen MR) is 170 cm³/mol. The molecule has 3 heteroatoms. The number of nitrogens with zero attached hydrogens (tertiary/aromatic N) is 2. The van der Waals surface area contributed by atoms with Crippen molar-refractivity contribution in [1.82, 2.24) is 4.57 Å². The molecule has 2 heterocycles. The van der Waals surface area contributed by atoms with Crippen molar-refractivity contribution in [3.63, 3.8) is 0 Å². The van der Waals surface area contributed by atoms with Crippen molar-refractivity contribution in [1.29, 1.82) is 0 Å². The Morgan fingerprint density at radius 2 is 1.25 bits per heavy atom. The van der Waals surface area contributed by atoms with Crippen molar-refractivity contribution in [3.05, 3.63) is 132 Å². The first-order valence-corrected chi connectivity index (χ1v) is 14.4. The molecule has 40 heavy (non-hydrogen) atoms. The fourth-order valence-electron chi connectivity index (χ4n) is 6.44. The van der Waals surface area contributed by atoms with Crippen LogP contribution in [0.4, 0.5) is 17.1 Å². The highest BCUT2D eigenvalue weighted by molar-refractivity contribution is 6.09. The van der Waals surface area contributed by atoms with E-state index in [9.17, 15) is 0 Å². The second-order valence-corrected chi connectivity index (χ2v) is 11.5. The molecule has 1 N–H and O–H groups in total. The summed E-state index contributed by atoms with van der Waals surface area (Å²) in [6.07, 6.45) is -0.0157. The summed E-state index contributed by atoms with van der Waals surface area (Å²) in [5.74, 6) is 0.821. The number of benzene rings is 5. The van der Waals surface area contributed by atoms with Gasteiger partial charge in [0.15, 0.2) is 0 Å². The van der Waals surface area contributed by atoms with Crippen LogP contribution in [0.15, 0.2) is 115 Å². The summed E-state index contributed by atoms with van der Waals surface area (Å²) in [7, 11) is 0. The van der Waals surface area contributed by atoms with E-state index in [-0.39, 0.29) is 6.17 Å². The summed E-state index contributed by atoms with van der Waals surface area (Å²) in [4.78, 5) is 2.55. The third-order valence-corrected chi connectivity index (χ3v) is 8.32. The van der Waals surface area contributed by atoms with Crippen LogP contribution in [0.25, 0.3) is 27.5 Å². The van der Waals surface area contributed by atoms with Crippen molar-refractivity contribution >= 4 is 38.9 Å². The number of para-hydroxylation sites is 5. The monoisotopic (exact) mass is 521 g/mol. The molecule has 1 aliphatic heterocycles. The largest absolute Gasteiger partial charge is 0.359 e. The summed E-state index contributed by atoms with van der Waals surface area (Å²) in [5.41, 5.74) is 11.4. The first-order chi connectivity index (χ1) is 19.5. The second-order valence-electron chi connectivity index (χ2n) is 11.5. The van der Waals surface area contributed by atoms with Crippen molar-refractivity contribution in [2.75, 3.05) is 10.2 Å². The predicted octanol–water partition coefficient (Wildman–Crippen LogP) is 10.3. The van der Waals surface area contributed by atoms with E-state index in [1.807, 2.05) is 0 Å². The normalized spacial score (nSPS) is 14.8. The molecule has 0 amide bonds. The molecule has 0 saturated heterocycles. The number of anilines is 3. The second kappa shape index (κ2) is 9.60. The lowest BCUT2D eigenvalue weighted by Gasteiger charge is -2.33. The smallest absolute Gasteiger partial charge is 0.130 e. The number of aromatic nitrogens is 1. The SMILES string of the molecule is CC(C)c1cccc(C(C)C)c1N1c2ccccc2NC1c1ccc2c(c1)c1ccccc1n2-c1ccccc1. The Morgan fingerprint density at radius 1 is 0.600 bits per heavy atom. The number of nitrogens with one attached hydrogen (secondary N) is 1. The van der Waals surface area contributed by atoms with Gasteiger partial charge in [0.2, 0.25) is 0 Å². The molecule has 1 aliphatic rings. The zero-order valence-electron chi connectivity index (χ0n) is 23.6. The minimum Gasteiger partial charge on any atom is -0.359 e. The van der Waals surface area contributed by atoms with Gasteiger partial charge in [0.1, 0.15) is 6.17 Å². The Labute approximate surface area is 236 Å². The van der Waals surface area contributed by atoms with Gasteiger partial charge in [-0.2, -0.15) is 0 Å². The maximum atomic E-state index is 3.90. The number of rotatable bonds is 5. The van der Waals surface area contributed by atoms with Gasteiger partial charge in [0.25, 0.3) is 0 Å². The molecule has 5 aromatic carbocycles. The number of fused-ring (bicyclic) bond motifs is 4. The molecule has 1 aromatic heterocycles. The Morgan fingerprint density at radius 3 is 2.00 bits per heavy atom. The van der Waals surface area contributed by atoms with E-state index in [1.165, 1.54) is 61.2 Å². The quantitative estimate of drug-likeness (QED) is 0.243. The Balaban J connectivity index is 1.46. The molecule has 0 saturated carbocycles. The van der Waals surface area contributed by atoms with Gasteiger partial charge < -0.3 is 14.8 Å². The lowest BCUT2D eigenvalue weighted by atomic mass is 9.91. The summed E-state index contributed by atoms with van der Waals surface area (Å²) in [6.45, 7) is 9.21. The third-order valence-electron chi connectivity index (χ3n) is 8.32. The molecule has 0 fully saturated rings. The summed E-state index contributed by atoms with van der Waals surface area (Å²) in [5, 5.41) is 6.45. The average molecular weight is 522 g/mol. The highest BCUT2D eigenvalue weighted by atomic mass is 15.3. The van der Waals surface area contributed by atoms with Gasteiger partial charge in [0.05, 0.1) is 28.1 Å². The maximum Gasteiger partial charge on any atom is 0.130 e. The molecular formula is C37H35N3. The third kappa shape index (κ3) is 3.80. The summed E-state index contributed by atoms with van der Waals surface area (Å²) >= 11 is 0. The minimum atomic E-state index is -0.0157. The molecule has 3 nitrogen and oxygen atoms in total. The van der Waals surface area contributed by atoms with Gasteiger partial charge in [-0.25, -0.2) is 0 Å².